The van der Waals surface area contributed by atoms with E-state index in [0.29, 0.717) is 0 Å². The Balaban J connectivity index is -0.0000000351. The van der Waals surface area contributed by atoms with Crippen LogP contribution in [0.25, 0.3) is 31.9 Å². The van der Waals surface area contributed by atoms with Gasteiger partial charge in [0.2, 0.25) is 0 Å². The molecule has 4 amide bonds. The first-order valence-corrected chi connectivity index (χ1v) is 3.67. The Labute approximate surface area is 120 Å². The second kappa shape index (κ2) is 43.7. The zero-order valence-electron chi connectivity index (χ0n) is 10.4. The molecule has 0 fully saturated rings. The fourth-order valence-corrected chi connectivity index (χ4v) is 0. The minimum Gasteiger partial charge on any atom is -0.465 e. The van der Waals surface area contributed by atoms with Crippen molar-refractivity contribution in [3.05, 3.63) is 31.9 Å². The largest absolute Gasteiger partial charge is 0.465 e. The van der Waals surface area contributed by atoms with E-state index in [0.717, 1.165) is 0 Å². The second-order valence-electron chi connectivity index (χ2n) is 1.53. The molecule has 0 aromatic carbocycles. The summed E-state index contributed by atoms with van der Waals surface area (Å²) in [6, 6.07) is 0. The third-order valence-corrected chi connectivity index (χ3v) is 0. The lowest BCUT2D eigenvalue weighted by molar-refractivity contribution is 0.204. The number of carboxylic acid groups (broad SMARTS) is 4. The van der Waals surface area contributed by atoms with Crippen LogP contribution < -0.4 is 22.9 Å². The Morgan fingerprint density at radius 3 is 0.545 bits per heavy atom. The summed E-state index contributed by atoms with van der Waals surface area (Å²) < 4.78 is 0. The quantitative estimate of drug-likeness (QED) is 0.172. The topological polar surface area (TPSA) is 371 Å². The van der Waals surface area contributed by atoms with Gasteiger partial charge in [0.15, 0.2) is 0 Å². The standard InChI is InChI=1S/4CH3NO2.2N3/c4*2-1(3)4;2*1-3-2/h4*2H2,(H,3,4);;/q;;;;2*-1. The van der Waals surface area contributed by atoms with E-state index in [-0.39, 0.29) is 0 Å². The number of hydrogen-bond donors (Lipinski definition) is 8. The van der Waals surface area contributed by atoms with E-state index in [1.165, 1.54) is 9.82 Å². The van der Waals surface area contributed by atoms with E-state index in [2.05, 4.69) is 22.9 Å². The Morgan fingerprint density at radius 2 is 0.545 bits per heavy atom. The summed E-state index contributed by atoms with van der Waals surface area (Å²) in [6.07, 6.45) is -5.33. The van der Waals surface area contributed by atoms with Crippen LogP contribution in [0, 0.1) is 0 Å². The normalized spacial score (nSPS) is 5.09. The maximum atomic E-state index is 8.78. The summed E-state index contributed by atoms with van der Waals surface area (Å²) in [7, 11) is 0. The molecule has 0 aromatic rings. The second-order valence-corrected chi connectivity index (χ2v) is 1.53. The van der Waals surface area contributed by atoms with Gasteiger partial charge in [0, 0.05) is 0 Å². The van der Waals surface area contributed by atoms with E-state index in [1.807, 2.05) is 0 Å². The predicted molar refractivity (Wildman–Crippen MR) is 69.0 cm³/mol. The van der Waals surface area contributed by atoms with Gasteiger partial charge in [-0.2, -0.15) is 0 Å². The van der Waals surface area contributed by atoms with Crippen LogP contribution in [0.5, 0.6) is 0 Å². The molecule has 0 bridgehead atoms. The minimum atomic E-state index is -1.33. The molecule has 12 N–H and O–H groups in total. The van der Waals surface area contributed by atoms with Gasteiger partial charge in [-0.15, -0.1) is 0 Å². The lowest BCUT2D eigenvalue weighted by Gasteiger charge is -1.61. The molecular formula is C4H12N10O8-2. The smallest absolute Gasteiger partial charge is 0.402 e. The molecule has 18 heteroatoms. The van der Waals surface area contributed by atoms with Gasteiger partial charge in [0.1, 0.15) is 0 Å². The number of rotatable bonds is 0. The number of primary amides is 4. The molecule has 0 atom stereocenters. The molecule has 0 spiro atoms. The van der Waals surface area contributed by atoms with Crippen molar-refractivity contribution in [3.63, 3.8) is 0 Å². The van der Waals surface area contributed by atoms with Crippen molar-refractivity contribution in [1.82, 2.24) is 0 Å². The van der Waals surface area contributed by atoms with Gasteiger partial charge in [-0.05, 0) is 0 Å². The fourth-order valence-electron chi connectivity index (χ4n) is 0. The van der Waals surface area contributed by atoms with E-state index >= 15 is 0 Å². The molecule has 0 aliphatic carbocycles. The zero-order valence-corrected chi connectivity index (χ0v) is 10.4. The lowest BCUT2D eigenvalue weighted by atomic mass is 11.3. The van der Waals surface area contributed by atoms with Crippen LogP contribution in [-0.4, -0.2) is 44.8 Å². The van der Waals surface area contributed by atoms with Crippen molar-refractivity contribution in [2.45, 2.75) is 0 Å². The first-order chi connectivity index (χ1) is 9.76. The highest BCUT2D eigenvalue weighted by atomic mass is 16.4. The predicted octanol–water partition coefficient (Wildman–Crippen LogP) is 0.225. The molecule has 128 valence electrons. The molecule has 22 heavy (non-hydrogen) atoms. The van der Waals surface area contributed by atoms with Crippen molar-refractivity contribution in [1.29, 1.82) is 0 Å². The van der Waals surface area contributed by atoms with Gasteiger partial charge in [-0.1, -0.05) is 0 Å². The summed E-state index contributed by atoms with van der Waals surface area (Å²) in [5.41, 5.74) is 43.1. The SMILES string of the molecule is NC(=O)O.NC(=O)O.NC(=O)O.NC(=O)O.[N-]=[N+]=[N-].[N-]=[N+]=[N-]. The third kappa shape index (κ3) is 183. The maximum Gasteiger partial charge on any atom is 0.402 e. The Hall–Kier alpha value is -4.30. The summed E-state index contributed by atoms with van der Waals surface area (Å²) in [4.78, 5) is 38.1. The van der Waals surface area contributed by atoms with Gasteiger partial charge in [-0.25, -0.2) is 19.2 Å². The van der Waals surface area contributed by atoms with Gasteiger partial charge in [0.25, 0.3) is 0 Å². The van der Waals surface area contributed by atoms with E-state index < -0.39 is 24.4 Å². The lowest BCUT2D eigenvalue weighted by Crippen LogP contribution is -2.03. The molecule has 18 nitrogen and oxygen atoms in total. The molecule has 0 aromatic heterocycles. The monoisotopic (exact) mass is 328 g/mol. The highest BCUT2D eigenvalue weighted by molar-refractivity contribution is 5.62. The summed E-state index contributed by atoms with van der Waals surface area (Å²) in [5, 5.41) is 28.8. The number of carbonyl (C=O) groups is 4. The third-order valence-electron chi connectivity index (χ3n) is 0. The fraction of sp³-hybridized carbons (Fsp3) is 0. The first kappa shape index (κ1) is 36.1. The zero-order chi connectivity index (χ0) is 19.7. The van der Waals surface area contributed by atoms with Crippen LogP contribution >= 0.6 is 0 Å². The highest BCUT2D eigenvalue weighted by Gasteiger charge is 1.66. The van der Waals surface area contributed by atoms with Gasteiger partial charge < -0.3 is 65.5 Å². The maximum absolute atomic E-state index is 8.78. The molecule has 0 aliphatic rings. The number of nitrogens with zero attached hydrogens (tertiary/aromatic N) is 6. The van der Waals surface area contributed by atoms with Crippen LogP contribution in [0.1, 0.15) is 0 Å². The van der Waals surface area contributed by atoms with Crippen molar-refractivity contribution >= 4 is 24.4 Å². The Kier molecular flexibility index (Phi) is 71.7. The van der Waals surface area contributed by atoms with Crippen LogP contribution in [0.15, 0.2) is 0 Å². The van der Waals surface area contributed by atoms with Crippen molar-refractivity contribution in [2.75, 3.05) is 0 Å². The van der Waals surface area contributed by atoms with Crippen molar-refractivity contribution in [2.24, 2.45) is 22.9 Å². The molecule has 0 radical (unpaired) electrons. The van der Waals surface area contributed by atoms with Gasteiger partial charge in [0.05, 0.1) is 0 Å². The summed E-state index contributed by atoms with van der Waals surface area (Å²) in [5.74, 6) is 0. The molecule has 0 aliphatic heterocycles. The van der Waals surface area contributed by atoms with Crippen LogP contribution in [0.2, 0.25) is 0 Å². The van der Waals surface area contributed by atoms with Crippen LogP contribution in [-0.2, 0) is 0 Å². The van der Waals surface area contributed by atoms with Crippen molar-refractivity contribution in [3.8, 4) is 0 Å². The van der Waals surface area contributed by atoms with Gasteiger partial charge in [-0.3, -0.25) is 9.82 Å². The van der Waals surface area contributed by atoms with E-state index in [4.69, 9.17) is 61.7 Å². The van der Waals surface area contributed by atoms with E-state index in [9.17, 15) is 0 Å². The number of nitrogens with two attached hydrogens (primary N) is 4. The van der Waals surface area contributed by atoms with Crippen LogP contribution in [0.4, 0.5) is 19.2 Å². The molecule has 0 rings (SSSR count). The number of hydrogen-bond acceptors (Lipinski definition) is 4. The number of amides is 4. The Bertz CT molecular complexity index is 293. The van der Waals surface area contributed by atoms with Gasteiger partial charge >= 0.3 is 24.4 Å². The van der Waals surface area contributed by atoms with E-state index in [1.54, 1.807) is 0 Å². The van der Waals surface area contributed by atoms with Crippen LogP contribution in [0.3, 0.4) is 0 Å². The minimum absolute atomic E-state index is 1.33. The molecular weight excluding hydrogens is 316 g/mol. The highest BCUT2D eigenvalue weighted by Crippen LogP contribution is 1.35. The average Bonchev–Trinajstić information content (AvgIpc) is 2.13. The first-order valence-electron chi connectivity index (χ1n) is 3.67. The average molecular weight is 328 g/mol. The molecule has 0 unspecified atom stereocenters. The summed E-state index contributed by atoms with van der Waals surface area (Å²) >= 11 is 0. The van der Waals surface area contributed by atoms with Crippen molar-refractivity contribution < 1.29 is 39.6 Å². The Morgan fingerprint density at radius 1 is 0.545 bits per heavy atom. The molecule has 0 heterocycles. The molecule has 0 saturated carbocycles. The summed E-state index contributed by atoms with van der Waals surface area (Å²) in [6.45, 7) is 0. The molecule has 0 saturated heterocycles.